The maximum absolute atomic E-state index is 12.5. The standard InChI is InChI=1S/C16H10N2O3/c17-8-9-4-6-10(7-5-9)14-15(19)13-11(16(20)21)2-1-3-12(13)18-14/h1-7,14,18H,(H,20,21). The van der Waals surface area contributed by atoms with Crippen molar-refractivity contribution >= 4 is 17.4 Å². The Morgan fingerprint density at radius 3 is 2.52 bits per heavy atom. The van der Waals surface area contributed by atoms with Gasteiger partial charge in [0.05, 0.1) is 22.8 Å². The lowest BCUT2D eigenvalue weighted by Gasteiger charge is -2.10. The summed E-state index contributed by atoms with van der Waals surface area (Å²) in [6.45, 7) is 0. The van der Waals surface area contributed by atoms with E-state index in [0.717, 1.165) is 0 Å². The van der Waals surface area contributed by atoms with Crippen LogP contribution < -0.4 is 5.32 Å². The number of fused-ring (bicyclic) bond motifs is 1. The van der Waals surface area contributed by atoms with Crippen LogP contribution in [0.5, 0.6) is 0 Å². The molecule has 0 fully saturated rings. The average molecular weight is 278 g/mol. The van der Waals surface area contributed by atoms with Crippen LogP contribution in [0.2, 0.25) is 0 Å². The molecule has 102 valence electrons. The van der Waals surface area contributed by atoms with Crippen LogP contribution in [0.25, 0.3) is 0 Å². The Hall–Kier alpha value is -3.13. The molecule has 0 spiro atoms. The molecule has 1 aliphatic rings. The molecular formula is C16H10N2O3. The first-order chi connectivity index (χ1) is 10.1. The van der Waals surface area contributed by atoms with E-state index in [1.165, 1.54) is 6.07 Å². The Morgan fingerprint density at radius 1 is 1.19 bits per heavy atom. The van der Waals surface area contributed by atoms with Crippen molar-refractivity contribution in [1.82, 2.24) is 0 Å². The summed E-state index contributed by atoms with van der Waals surface area (Å²) < 4.78 is 0. The van der Waals surface area contributed by atoms with Crippen molar-refractivity contribution in [3.05, 3.63) is 64.7 Å². The molecule has 0 saturated heterocycles. The predicted molar refractivity (Wildman–Crippen MR) is 75.3 cm³/mol. The zero-order valence-corrected chi connectivity index (χ0v) is 10.8. The third-order valence-electron chi connectivity index (χ3n) is 3.48. The summed E-state index contributed by atoms with van der Waals surface area (Å²) in [6, 6.07) is 12.8. The molecule has 0 radical (unpaired) electrons. The van der Waals surface area contributed by atoms with Crippen molar-refractivity contribution in [2.24, 2.45) is 0 Å². The number of benzene rings is 2. The smallest absolute Gasteiger partial charge is 0.336 e. The third-order valence-corrected chi connectivity index (χ3v) is 3.48. The summed E-state index contributed by atoms with van der Waals surface area (Å²) in [5.74, 6) is -1.39. The third kappa shape index (κ3) is 2.03. The predicted octanol–water partition coefficient (Wildman–Crippen LogP) is 2.61. The number of carboxylic acid groups (broad SMARTS) is 1. The van der Waals surface area contributed by atoms with Gasteiger partial charge in [0, 0.05) is 5.69 Å². The number of nitriles is 1. The quantitative estimate of drug-likeness (QED) is 0.881. The molecule has 0 amide bonds. The Balaban J connectivity index is 2.02. The zero-order chi connectivity index (χ0) is 15.0. The van der Waals surface area contributed by atoms with Crippen LogP contribution in [0.1, 0.15) is 37.9 Å². The van der Waals surface area contributed by atoms with Crippen LogP contribution in [0.15, 0.2) is 42.5 Å². The molecule has 0 aromatic heterocycles. The molecule has 21 heavy (non-hydrogen) atoms. The Labute approximate surface area is 120 Å². The molecule has 5 heteroatoms. The van der Waals surface area contributed by atoms with Gasteiger partial charge >= 0.3 is 5.97 Å². The number of ketones is 1. The minimum atomic E-state index is -1.12. The average Bonchev–Trinajstić information content (AvgIpc) is 2.84. The van der Waals surface area contributed by atoms with E-state index in [2.05, 4.69) is 5.32 Å². The van der Waals surface area contributed by atoms with E-state index in [9.17, 15) is 14.7 Å². The van der Waals surface area contributed by atoms with Crippen molar-refractivity contribution in [1.29, 1.82) is 5.26 Å². The normalized spacial score (nSPS) is 16.0. The summed E-state index contributed by atoms with van der Waals surface area (Å²) in [5.41, 5.74) is 1.94. The van der Waals surface area contributed by atoms with Crippen molar-refractivity contribution in [3.8, 4) is 6.07 Å². The number of nitrogens with zero attached hydrogens (tertiary/aromatic N) is 1. The van der Waals surface area contributed by atoms with Gasteiger partial charge in [0.2, 0.25) is 0 Å². The molecule has 1 atom stereocenters. The summed E-state index contributed by atoms with van der Waals surface area (Å²) >= 11 is 0. The second-order valence-electron chi connectivity index (χ2n) is 4.71. The number of hydrogen-bond donors (Lipinski definition) is 2. The SMILES string of the molecule is N#Cc1ccc(C2Nc3cccc(C(=O)O)c3C2=O)cc1. The Morgan fingerprint density at radius 2 is 1.90 bits per heavy atom. The molecule has 1 unspecified atom stereocenters. The number of carboxylic acids is 1. The second kappa shape index (κ2) is 4.76. The van der Waals surface area contributed by atoms with Gasteiger partial charge in [-0.2, -0.15) is 5.26 Å². The van der Waals surface area contributed by atoms with Gasteiger partial charge in [-0.15, -0.1) is 0 Å². The van der Waals surface area contributed by atoms with Gasteiger partial charge in [0.1, 0.15) is 6.04 Å². The molecule has 0 aliphatic carbocycles. The maximum Gasteiger partial charge on any atom is 0.336 e. The molecule has 2 aromatic carbocycles. The van der Waals surface area contributed by atoms with E-state index >= 15 is 0 Å². The second-order valence-corrected chi connectivity index (χ2v) is 4.71. The Bertz CT molecular complexity index is 788. The molecule has 3 rings (SSSR count). The minimum absolute atomic E-state index is 0.00106. The Kier molecular flexibility index (Phi) is 2.92. The molecule has 0 saturated carbocycles. The molecule has 1 aliphatic heterocycles. The molecule has 1 heterocycles. The highest BCUT2D eigenvalue weighted by Gasteiger charge is 2.34. The number of nitrogens with one attached hydrogen (secondary N) is 1. The lowest BCUT2D eigenvalue weighted by molar-refractivity contribution is 0.0692. The largest absolute Gasteiger partial charge is 0.478 e. The number of aromatic carboxylic acids is 1. The summed E-state index contributed by atoms with van der Waals surface area (Å²) in [5, 5.41) is 21.0. The molecular weight excluding hydrogens is 268 g/mol. The minimum Gasteiger partial charge on any atom is -0.478 e. The van der Waals surface area contributed by atoms with Crippen LogP contribution in [0, 0.1) is 11.3 Å². The maximum atomic E-state index is 12.5. The summed E-state index contributed by atoms with van der Waals surface area (Å²) in [6.07, 6.45) is 0. The van der Waals surface area contributed by atoms with Crippen LogP contribution in [-0.2, 0) is 0 Å². The molecule has 5 nitrogen and oxygen atoms in total. The summed E-state index contributed by atoms with van der Waals surface area (Å²) in [4.78, 5) is 23.7. The highest BCUT2D eigenvalue weighted by atomic mass is 16.4. The van der Waals surface area contributed by atoms with E-state index in [1.807, 2.05) is 6.07 Å². The van der Waals surface area contributed by atoms with Crippen molar-refractivity contribution in [2.45, 2.75) is 6.04 Å². The fraction of sp³-hybridized carbons (Fsp3) is 0.0625. The number of Topliss-reactive ketones (excluding diaryl/α,β-unsaturated/α-hetero) is 1. The van der Waals surface area contributed by atoms with E-state index < -0.39 is 12.0 Å². The number of rotatable bonds is 2. The van der Waals surface area contributed by atoms with E-state index in [-0.39, 0.29) is 16.9 Å². The van der Waals surface area contributed by atoms with Crippen molar-refractivity contribution in [3.63, 3.8) is 0 Å². The fourth-order valence-electron chi connectivity index (χ4n) is 2.47. The van der Waals surface area contributed by atoms with Gasteiger partial charge in [-0.25, -0.2) is 4.79 Å². The first-order valence-electron chi connectivity index (χ1n) is 6.29. The van der Waals surface area contributed by atoms with Gasteiger partial charge < -0.3 is 10.4 Å². The fourth-order valence-corrected chi connectivity index (χ4v) is 2.47. The van der Waals surface area contributed by atoms with Gasteiger partial charge in [0.25, 0.3) is 0 Å². The molecule has 2 N–H and O–H groups in total. The first kappa shape index (κ1) is 12.9. The highest BCUT2D eigenvalue weighted by molar-refractivity contribution is 6.16. The van der Waals surface area contributed by atoms with Crippen LogP contribution in [0.4, 0.5) is 5.69 Å². The highest BCUT2D eigenvalue weighted by Crippen LogP contribution is 2.36. The van der Waals surface area contributed by atoms with Gasteiger partial charge in [0.15, 0.2) is 5.78 Å². The van der Waals surface area contributed by atoms with Gasteiger partial charge in [-0.05, 0) is 29.8 Å². The number of carbonyl (C=O) groups excluding carboxylic acids is 1. The number of anilines is 1. The van der Waals surface area contributed by atoms with E-state index in [0.29, 0.717) is 16.8 Å². The lowest BCUT2D eigenvalue weighted by Crippen LogP contribution is -2.13. The molecule has 2 aromatic rings. The lowest BCUT2D eigenvalue weighted by atomic mass is 9.97. The van der Waals surface area contributed by atoms with Gasteiger partial charge in [-0.1, -0.05) is 18.2 Å². The van der Waals surface area contributed by atoms with Gasteiger partial charge in [-0.3, -0.25) is 4.79 Å². The number of hydrogen-bond acceptors (Lipinski definition) is 4. The monoisotopic (exact) mass is 278 g/mol. The first-order valence-corrected chi connectivity index (χ1v) is 6.29. The van der Waals surface area contributed by atoms with E-state index in [4.69, 9.17) is 5.26 Å². The van der Waals surface area contributed by atoms with Crippen LogP contribution in [0.3, 0.4) is 0 Å². The van der Waals surface area contributed by atoms with Crippen molar-refractivity contribution in [2.75, 3.05) is 5.32 Å². The topological polar surface area (TPSA) is 90.2 Å². The zero-order valence-electron chi connectivity index (χ0n) is 10.8. The summed E-state index contributed by atoms with van der Waals surface area (Å²) in [7, 11) is 0. The van der Waals surface area contributed by atoms with Crippen molar-refractivity contribution < 1.29 is 14.7 Å². The number of carbonyl (C=O) groups is 2. The molecule has 0 bridgehead atoms. The van der Waals surface area contributed by atoms with E-state index in [1.54, 1.807) is 36.4 Å². The van der Waals surface area contributed by atoms with Crippen LogP contribution in [-0.4, -0.2) is 16.9 Å². The van der Waals surface area contributed by atoms with Crippen LogP contribution >= 0.6 is 0 Å².